The first-order valence-corrected chi connectivity index (χ1v) is 8.37. The van der Waals surface area contributed by atoms with Crippen LogP contribution in [0.3, 0.4) is 0 Å². The number of ether oxygens (including phenoxy) is 1. The van der Waals surface area contributed by atoms with Crippen LogP contribution in [0.25, 0.3) is 0 Å². The first-order valence-electron chi connectivity index (χ1n) is 8.37. The van der Waals surface area contributed by atoms with Crippen molar-refractivity contribution in [2.45, 2.75) is 44.2 Å². The Morgan fingerprint density at radius 3 is 2.83 bits per heavy atom. The monoisotopic (exact) mass is 338 g/mol. The van der Waals surface area contributed by atoms with Crippen molar-refractivity contribution < 1.29 is 9.53 Å². The maximum atomic E-state index is 11.7. The third kappa shape index (κ3) is 4.06. The van der Waals surface area contributed by atoms with Gasteiger partial charge in [-0.15, -0.1) is 12.4 Å². The Balaban J connectivity index is 0.00000192. The highest BCUT2D eigenvalue weighted by atomic mass is 35.5. The van der Waals surface area contributed by atoms with Gasteiger partial charge in [-0.2, -0.15) is 0 Å². The van der Waals surface area contributed by atoms with E-state index in [1.54, 1.807) is 0 Å². The van der Waals surface area contributed by atoms with Crippen LogP contribution in [0.15, 0.2) is 24.3 Å². The molecule has 1 saturated carbocycles. The fraction of sp³-hybridized carbons (Fsp3) is 0.611. The molecule has 0 aromatic heterocycles. The van der Waals surface area contributed by atoms with Gasteiger partial charge < -0.3 is 10.1 Å². The average Bonchev–Trinajstić information content (AvgIpc) is 2.57. The summed E-state index contributed by atoms with van der Waals surface area (Å²) in [5.41, 5.74) is 2.17. The van der Waals surface area contributed by atoms with Crippen molar-refractivity contribution in [3.05, 3.63) is 35.4 Å². The molecular formula is C18H27ClN2O2. The maximum absolute atomic E-state index is 11.7. The van der Waals surface area contributed by atoms with Gasteiger partial charge in [-0.05, 0) is 30.5 Å². The summed E-state index contributed by atoms with van der Waals surface area (Å²) in [4.78, 5) is 14.3. The Kier molecular flexibility index (Phi) is 6.45. The van der Waals surface area contributed by atoms with E-state index in [1.165, 1.54) is 44.8 Å². The van der Waals surface area contributed by atoms with Gasteiger partial charge in [-0.25, -0.2) is 4.79 Å². The van der Waals surface area contributed by atoms with Crippen molar-refractivity contribution in [3.8, 4) is 0 Å². The Hall–Kier alpha value is -1.10. The predicted octanol–water partition coefficient (Wildman–Crippen LogP) is 3.00. The van der Waals surface area contributed by atoms with E-state index in [-0.39, 0.29) is 18.4 Å². The van der Waals surface area contributed by atoms with Crippen LogP contribution in [0.5, 0.6) is 0 Å². The van der Waals surface area contributed by atoms with E-state index >= 15 is 0 Å². The summed E-state index contributed by atoms with van der Waals surface area (Å²) in [5.74, 6) is -0.255. The summed E-state index contributed by atoms with van der Waals surface area (Å²) in [6.45, 7) is 4.16. The van der Waals surface area contributed by atoms with E-state index < -0.39 is 0 Å². The lowest BCUT2D eigenvalue weighted by Crippen LogP contribution is -2.61. The molecular weight excluding hydrogens is 312 g/mol. The maximum Gasteiger partial charge on any atom is 0.337 e. The second-order valence-electron chi connectivity index (χ2n) is 6.58. The van der Waals surface area contributed by atoms with Crippen molar-refractivity contribution in [3.63, 3.8) is 0 Å². The van der Waals surface area contributed by atoms with E-state index in [0.29, 0.717) is 11.1 Å². The summed E-state index contributed by atoms with van der Waals surface area (Å²) in [6, 6.07) is 7.87. The van der Waals surface area contributed by atoms with Gasteiger partial charge >= 0.3 is 5.97 Å². The molecule has 1 saturated heterocycles. The highest BCUT2D eigenvalue weighted by Gasteiger charge is 2.39. The number of nitrogens with one attached hydrogen (secondary N) is 1. The first-order chi connectivity index (χ1) is 10.7. The first kappa shape index (κ1) is 18.2. The standard InChI is InChI=1S/C18H26N2O2.ClH/c1-22-17(21)16-7-5-6-15(12-16)13-20-11-10-19-14-18(20)8-3-2-4-9-18;/h5-7,12,19H,2-4,8-11,13-14H2,1H3;1H. The molecule has 4 nitrogen and oxygen atoms in total. The molecule has 1 N–H and O–H groups in total. The lowest BCUT2D eigenvalue weighted by Gasteiger charge is -2.50. The van der Waals surface area contributed by atoms with E-state index in [2.05, 4.69) is 16.3 Å². The number of carbonyl (C=O) groups is 1. The largest absolute Gasteiger partial charge is 0.465 e. The lowest BCUT2D eigenvalue weighted by molar-refractivity contribution is 0.0208. The van der Waals surface area contributed by atoms with Gasteiger partial charge in [0, 0.05) is 31.7 Å². The molecule has 2 fully saturated rings. The second-order valence-corrected chi connectivity index (χ2v) is 6.58. The Bertz CT molecular complexity index is 521. The van der Waals surface area contributed by atoms with Crippen molar-refractivity contribution in [1.82, 2.24) is 10.2 Å². The molecule has 128 valence electrons. The molecule has 3 rings (SSSR count). The molecule has 2 aliphatic rings. The molecule has 0 unspecified atom stereocenters. The molecule has 1 spiro atoms. The van der Waals surface area contributed by atoms with Crippen LogP contribution in [-0.4, -0.2) is 43.2 Å². The number of hydrogen-bond acceptors (Lipinski definition) is 4. The molecule has 1 aliphatic heterocycles. The zero-order valence-corrected chi connectivity index (χ0v) is 14.7. The number of methoxy groups -OCH3 is 1. The van der Waals surface area contributed by atoms with Crippen molar-refractivity contribution in [2.24, 2.45) is 0 Å². The molecule has 1 heterocycles. The van der Waals surface area contributed by atoms with Crippen LogP contribution in [0.4, 0.5) is 0 Å². The molecule has 0 radical (unpaired) electrons. The molecule has 1 aromatic rings. The number of hydrogen-bond donors (Lipinski definition) is 1. The third-order valence-electron chi connectivity index (χ3n) is 5.19. The minimum atomic E-state index is -0.255. The van der Waals surface area contributed by atoms with Crippen LogP contribution in [0, 0.1) is 0 Å². The summed E-state index contributed by atoms with van der Waals surface area (Å²) in [6.07, 6.45) is 6.61. The summed E-state index contributed by atoms with van der Waals surface area (Å²) in [7, 11) is 1.43. The van der Waals surface area contributed by atoms with E-state index in [9.17, 15) is 4.79 Å². The van der Waals surface area contributed by atoms with E-state index in [4.69, 9.17) is 4.74 Å². The highest BCUT2D eigenvalue weighted by Crippen LogP contribution is 2.35. The zero-order chi connectivity index (χ0) is 15.4. The van der Waals surface area contributed by atoms with Crippen molar-refractivity contribution in [1.29, 1.82) is 0 Å². The molecule has 5 heteroatoms. The minimum absolute atomic E-state index is 0. The van der Waals surface area contributed by atoms with Gasteiger partial charge in [-0.3, -0.25) is 4.90 Å². The normalized spacial score (nSPS) is 20.7. The number of rotatable bonds is 3. The SMILES string of the molecule is COC(=O)c1cccc(CN2CCNCC23CCCCC3)c1.Cl. The van der Waals surface area contributed by atoms with Crippen LogP contribution in [-0.2, 0) is 11.3 Å². The smallest absolute Gasteiger partial charge is 0.337 e. The molecule has 1 aliphatic carbocycles. The van der Waals surface area contributed by atoms with Gasteiger partial charge in [0.2, 0.25) is 0 Å². The summed E-state index contributed by atoms with van der Waals surface area (Å²) < 4.78 is 4.83. The average molecular weight is 339 g/mol. The zero-order valence-electron chi connectivity index (χ0n) is 13.8. The molecule has 1 aromatic carbocycles. The van der Waals surface area contributed by atoms with E-state index in [1.807, 2.05) is 18.2 Å². The molecule has 0 bridgehead atoms. The van der Waals surface area contributed by atoms with Crippen molar-refractivity contribution in [2.75, 3.05) is 26.7 Å². The third-order valence-corrected chi connectivity index (χ3v) is 5.19. The van der Waals surface area contributed by atoms with Gasteiger partial charge in [0.25, 0.3) is 0 Å². The van der Waals surface area contributed by atoms with Crippen LogP contribution >= 0.6 is 12.4 Å². The molecule has 0 atom stereocenters. The minimum Gasteiger partial charge on any atom is -0.465 e. The van der Waals surface area contributed by atoms with Gasteiger partial charge in [0.1, 0.15) is 0 Å². The molecule has 23 heavy (non-hydrogen) atoms. The summed E-state index contributed by atoms with van der Waals surface area (Å²) >= 11 is 0. The van der Waals surface area contributed by atoms with Gasteiger partial charge in [-0.1, -0.05) is 31.4 Å². The fourth-order valence-corrected chi connectivity index (χ4v) is 3.97. The van der Waals surface area contributed by atoms with Crippen LogP contribution in [0.1, 0.15) is 48.0 Å². The van der Waals surface area contributed by atoms with Crippen LogP contribution in [0.2, 0.25) is 0 Å². The summed E-state index contributed by atoms with van der Waals surface area (Å²) in [5, 5.41) is 3.58. The Morgan fingerprint density at radius 2 is 2.09 bits per heavy atom. The van der Waals surface area contributed by atoms with Gasteiger partial charge in [0.05, 0.1) is 12.7 Å². The lowest BCUT2D eigenvalue weighted by atomic mass is 9.79. The number of piperazine rings is 1. The number of nitrogens with zero attached hydrogens (tertiary/aromatic N) is 1. The quantitative estimate of drug-likeness (QED) is 0.860. The van der Waals surface area contributed by atoms with Crippen LogP contribution < -0.4 is 5.32 Å². The number of halogens is 1. The highest BCUT2D eigenvalue weighted by molar-refractivity contribution is 5.89. The van der Waals surface area contributed by atoms with E-state index in [0.717, 1.165) is 26.2 Å². The topological polar surface area (TPSA) is 41.6 Å². The van der Waals surface area contributed by atoms with Crippen molar-refractivity contribution >= 4 is 18.4 Å². The predicted molar refractivity (Wildman–Crippen MR) is 94.1 cm³/mol. The number of carbonyl (C=O) groups excluding carboxylic acids is 1. The second kappa shape index (κ2) is 8.13. The Labute approximate surface area is 145 Å². The number of benzene rings is 1. The number of esters is 1. The fourth-order valence-electron chi connectivity index (χ4n) is 3.97. The molecule has 0 amide bonds. The van der Waals surface area contributed by atoms with Gasteiger partial charge in [0.15, 0.2) is 0 Å². The Morgan fingerprint density at radius 1 is 1.30 bits per heavy atom.